The van der Waals surface area contributed by atoms with E-state index in [-0.39, 0.29) is 18.1 Å². The molecule has 0 aliphatic rings. The molecule has 2 aromatic carbocycles. The van der Waals surface area contributed by atoms with Gasteiger partial charge in [0, 0.05) is 5.69 Å². The number of nitrogens with one attached hydrogen (secondary N) is 1. The fraction of sp³-hybridized carbons (Fsp3) is 0.0667. The van der Waals surface area contributed by atoms with Crippen molar-refractivity contribution in [3.63, 3.8) is 0 Å². The molecule has 6 nitrogen and oxygen atoms in total. The summed E-state index contributed by atoms with van der Waals surface area (Å²) < 4.78 is 14.6. The van der Waals surface area contributed by atoms with Gasteiger partial charge in [0.2, 0.25) is 5.91 Å². The molecule has 1 heterocycles. The van der Waals surface area contributed by atoms with Crippen molar-refractivity contribution in [2.75, 3.05) is 5.32 Å². The Kier molecular flexibility index (Phi) is 3.86. The fourth-order valence-corrected chi connectivity index (χ4v) is 2.04. The van der Waals surface area contributed by atoms with Crippen molar-refractivity contribution in [1.29, 1.82) is 0 Å². The number of tetrazole rings is 1. The predicted molar refractivity (Wildman–Crippen MR) is 77.9 cm³/mol. The van der Waals surface area contributed by atoms with Gasteiger partial charge in [-0.2, -0.15) is 0 Å². The summed E-state index contributed by atoms with van der Waals surface area (Å²) in [5.74, 6) is -0.578. The van der Waals surface area contributed by atoms with Gasteiger partial charge in [-0.15, -0.1) is 5.10 Å². The first kappa shape index (κ1) is 13.9. The van der Waals surface area contributed by atoms with Crippen molar-refractivity contribution in [2.45, 2.75) is 6.42 Å². The second-order valence-electron chi connectivity index (χ2n) is 4.66. The molecule has 1 aromatic heterocycles. The third-order valence-corrected chi connectivity index (χ3v) is 3.00. The molecule has 0 bridgehead atoms. The standard InChI is InChI=1S/C15H12FN5O/c16-12-4-1-3-11(7-12)8-15(22)18-13-5-2-6-14(9-13)21-10-17-19-20-21/h1-7,9-10H,8H2,(H,18,22). The van der Waals surface area contributed by atoms with Gasteiger partial charge in [0.05, 0.1) is 12.1 Å². The first-order chi connectivity index (χ1) is 10.7. The Morgan fingerprint density at radius 3 is 2.82 bits per heavy atom. The number of anilines is 1. The lowest BCUT2D eigenvalue weighted by Crippen LogP contribution is -2.14. The number of nitrogens with zero attached hydrogens (tertiary/aromatic N) is 4. The molecule has 0 saturated carbocycles. The van der Waals surface area contributed by atoms with Gasteiger partial charge >= 0.3 is 0 Å². The first-order valence-corrected chi connectivity index (χ1v) is 6.58. The molecule has 3 aromatic rings. The zero-order chi connectivity index (χ0) is 15.4. The quantitative estimate of drug-likeness (QED) is 0.799. The van der Waals surface area contributed by atoms with Gasteiger partial charge < -0.3 is 5.32 Å². The Morgan fingerprint density at radius 1 is 1.18 bits per heavy atom. The zero-order valence-electron chi connectivity index (χ0n) is 11.5. The number of carbonyl (C=O) groups is 1. The molecule has 3 rings (SSSR count). The van der Waals surface area contributed by atoms with E-state index in [1.165, 1.54) is 23.1 Å². The summed E-state index contributed by atoms with van der Waals surface area (Å²) in [7, 11) is 0. The molecule has 0 spiro atoms. The van der Waals surface area contributed by atoms with Crippen LogP contribution in [0.4, 0.5) is 10.1 Å². The molecular weight excluding hydrogens is 285 g/mol. The van der Waals surface area contributed by atoms with Crippen LogP contribution in [0.2, 0.25) is 0 Å². The molecule has 0 aliphatic heterocycles. The highest BCUT2D eigenvalue weighted by Gasteiger charge is 2.06. The van der Waals surface area contributed by atoms with E-state index in [4.69, 9.17) is 0 Å². The summed E-state index contributed by atoms with van der Waals surface area (Å²) in [5, 5.41) is 13.7. The molecule has 0 aliphatic carbocycles. The monoisotopic (exact) mass is 297 g/mol. The predicted octanol–water partition coefficient (Wildman–Crippen LogP) is 1.98. The third kappa shape index (κ3) is 3.32. The summed E-state index contributed by atoms with van der Waals surface area (Å²) in [6.45, 7) is 0. The topological polar surface area (TPSA) is 72.7 Å². The summed E-state index contributed by atoms with van der Waals surface area (Å²) in [6.07, 6.45) is 1.57. The van der Waals surface area contributed by atoms with E-state index in [0.717, 1.165) is 5.69 Å². The average Bonchev–Trinajstić information content (AvgIpc) is 3.01. The second-order valence-corrected chi connectivity index (χ2v) is 4.66. The molecule has 0 radical (unpaired) electrons. The molecule has 1 amide bonds. The van der Waals surface area contributed by atoms with Crippen LogP contribution < -0.4 is 5.32 Å². The van der Waals surface area contributed by atoms with Gasteiger partial charge in [-0.3, -0.25) is 4.79 Å². The summed E-state index contributed by atoms with van der Waals surface area (Å²) in [4.78, 5) is 12.0. The Bertz CT molecular complexity index is 788. The van der Waals surface area contributed by atoms with Crippen LogP contribution >= 0.6 is 0 Å². The molecule has 0 fully saturated rings. The van der Waals surface area contributed by atoms with E-state index in [1.54, 1.807) is 30.3 Å². The summed E-state index contributed by atoms with van der Waals surface area (Å²) in [5.41, 5.74) is 1.97. The van der Waals surface area contributed by atoms with Crippen molar-refractivity contribution in [3.8, 4) is 5.69 Å². The highest BCUT2D eigenvalue weighted by Crippen LogP contribution is 2.14. The molecule has 1 N–H and O–H groups in total. The number of amides is 1. The molecule has 110 valence electrons. The summed E-state index contributed by atoms with van der Waals surface area (Å²) in [6, 6.07) is 13.1. The van der Waals surface area contributed by atoms with Crippen LogP contribution in [0, 0.1) is 5.82 Å². The van der Waals surface area contributed by atoms with Gasteiger partial charge in [-0.05, 0) is 46.3 Å². The van der Waals surface area contributed by atoms with Crippen molar-refractivity contribution >= 4 is 11.6 Å². The van der Waals surface area contributed by atoms with Crippen molar-refractivity contribution < 1.29 is 9.18 Å². The van der Waals surface area contributed by atoms with Crippen LogP contribution in [0.15, 0.2) is 54.9 Å². The lowest BCUT2D eigenvalue weighted by Gasteiger charge is -2.07. The van der Waals surface area contributed by atoms with Gasteiger partial charge in [0.15, 0.2) is 0 Å². The Morgan fingerprint density at radius 2 is 2.05 bits per heavy atom. The van der Waals surface area contributed by atoms with Crippen molar-refractivity contribution in [1.82, 2.24) is 20.2 Å². The molecule has 0 unspecified atom stereocenters. The number of hydrogen-bond acceptors (Lipinski definition) is 4. The number of rotatable bonds is 4. The lowest BCUT2D eigenvalue weighted by atomic mass is 10.1. The lowest BCUT2D eigenvalue weighted by molar-refractivity contribution is -0.115. The Balaban J connectivity index is 1.70. The number of aromatic nitrogens is 4. The molecular formula is C15H12FN5O. The molecule has 0 saturated heterocycles. The van der Waals surface area contributed by atoms with Crippen LogP contribution in [-0.4, -0.2) is 26.1 Å². The largest absolute Gasteiger partial charge is 0.326 e. The Hall–Kier alpha value is -3.09. The Labute approximate surface area is 125 Å². The second kappa shape index (κ2) is 6.13. The van der Waals surface area contributed by atoms with E-state index >= 15 is 0 Å². The van der Waals surface area contributed by atoms with E-state index < -0.39 is 0 Å². The normalized spacial score (nSPS) is 10.4. The molecule has 22 heavy (non-hydrogen) atoms. The van der Waals surface area contributed by atoms with Gasteiger partial charge in [-0.1, -0.05) is 18.2 Å². The van der Waals surface area contributed by atoms with Crippen LogP contribution in [0.5, 0.6) is 0 Å². The van der Waals surface area contributed by atoms with Crippen LogP contribution in [0.25, 0.3) is 5.69 Å². The molecule has 0 atom stereocenters. The maximum absolute atomic E-state index is 13.1. The minimum Gasteiger partial charge on any atom is -0.326 e. The number of hydrogen-bond donors (Lipinski definition) is 1. The van der Waals surface area contributed by atoms with Crippen LogP contribution in [0.3, 0.4) is 0 Å². The summed E-state index contributed by atoms with van der Waals surface area (Å²) >= 11 is 0. The third-order valence-electron chi connectivity index (χ3n) is 3.00. The fourth-order valence-electron chi connectivity index (χ4n) is 2.04. The van der Waals surface area contributed by atoms with E-state index in [0.29, 0.717) is 11.3 Å². The number of benzene rings is 2. The van der Waals surface area contributed by atoms with E-state index in [1.807, 2.05) is 6.07 Å². The van der Waals surface area contributed by atoms with Crippen LogP contribution in [-0.2, 0) is 11.2 Å². The number of halogens is 1. The minimum absolute atomic E-state index is 0.104. The first-order valence-electron chi connectivity index (χ1n) is 6.58. The van der Waals surface area contributed by atoms with Crippen molar-refractivity contribution in [2.24, 2.45) is 0 Å². The van der Waals surface area contributed by atoms with Gasteiger partial charge in [0.25, 0.3) is 0 Å². The van der Waals surface area contributed by atoms with Crippen LogP contribution in [0.1, 0.15) is 5.56 Å². The zero-order valence-corrected chi connectivity index (χ0v) is 11.5. The smallest absolute Gasteiger partial charge is 0.228 e. The number of carbonyl (C=O) groups excluding carboxylic acids is 1. The van der Waals surface area contributed by atoms with E-state index in [2.05, 4.69) is 20.8 Å². The minimum atomic E-state index is -0.356. The molecule has 7 heteroatoms. The van der Waals surface area contributed by atoms with E-state index in [9.17, 15) is 9.18 Å². The SMILES string of the molecule is O=C(Cc1cccc(F)c1)Nc1cccc(-n2cnnn2)c1. The van der Waals surface area contributed by atoms with Gasteiger partial charge in [0.1, 0.15) is 12.1 Å². The van der Waals surface area contributed by atoms with Crippen molar-refractivity contribution in [3.05, 3.63) is 66.2 Å². The maximum Gasteiger partial charge on any atom is 0.228 e. The highest BCUT2D eigenvalue weighted by atomic mass is 19.1. The average molecular weight is 297 g/mol. The van der Waals surface area contributed by atoms with Gasteiger partial charge in [-0.25, -0.2) is 9.07 Å². The maximum atomic E-state index is 13.1. The highest BCUT2D eigenvalue weighted by molar-refractivity contribution is 5.92.